The number of carbonyl (C=O) groups excluding carboxylic acids is 1. The lowest BCUT2D eigenvalue weighted by molar-refractivity contribution is 0.169. The van der Waals surface area contributed by atoms with Crippen molar-refractivity contribution in [2.75, 3.05) is 31.1 Å². The number of nitriles is 1. The van der Waals surface area contributed by atoms with Gasteiger partial charge in [0.2, 0.25) is 0 Å². The van der Waals surface area contributed by atoms with Crippen molar-refractivity contribution in [1.29, 1.82) is 5.26 Å². The van der Waals surface area contributed by atoms with Crippen molar-refractivity contribution >= 4 is 11.7 Å². The molecule has 1 unspecified atom stereocenters. The topological polar surface area (TPSA) is 79.6 Å². The van der Waals surface area contributed by atoms with Gasteiger partial charge in [0.25, 0.3) is 0 Å². The second-order valence-corrected chi connectivity index (χ2v) is 6.66. The number of piperidine rings is 1. The minimum atomic E-state index is -0.411. The molecule has 0 bridgehead atoms. The van der Waals surface area contributed by atoms with Crippen LogP contribution in [0.15, 0.2) is 18.2 Å². The van der Waals surface area contributed by atoms with E-state index in [9.17, 15) is 9.18 Å². The second kappa shape index (κ2) is 7.70. The van der Waals surface area contributed by atoms with E-state index in [0.29, 0.717) is 24.3 Å². The van der Waals surface area contributed by atoms with Crippen LogP contribution >= 0.6 is 0 Å². The first-order valence-electron chi connectivity index (χ1n) is 8.75. The van der Waals surface area contributed by atoms with E-state index in [-0.39, 0.29) is 24.7 Å². The zero-order valence-electron chi connectivity index (χ0n) is 14.1. The summed E-state index contributed by atoms with van der Waals surface area (Å²) in [6.45, 7) is 1.55. The number of hydrogen-bond acceptors (Lipinski definition) is 4. The highest BCUT2D eigenvalue weighted by atomic mass is 19.1. The highest BCUT2D eigenvalue weighted by Gasteiger charge is 2.33. The summed E-state index contributed by atoms with van der Waals surface area (Å²) in [6, 6.07) is 6.44. The molecule has 2 amide bonds. The quantitative estimate of drug-likeness (QED) is 0.852. The summed E-state index contributed by atoms with van der Waals surface area (Å²) >= 11 is 0. The molecule has 1 aromatic carbocycles. The van der Waals surface area contributed by atoms with Crippen LogP contribution in [0.3, 0.4) is 0 Å². The van der Waals surface area contributed by atoms with Crippen LogP contribution in [-0.4, -0.2) is 54.4 Å². The number of anilines is 1. The molecule has 134 valence electrons. The maximum Gasteiger partial charge on any atom is 0.318 e. The number of amides is 2. The Morgan fingerprint density at radius 3 is 2.88 bits per heavy atom. The Labute approximate surface area is 146 Å². The number of rotatable bonds is 5. The summed E-state index contributed by atoms with van der Waals surface area (Å²) in [5.41, 5.74) is 0.763. The van der Waals surface area contributed by atoms with Crippen molar-refractivity contribution in [2.45, 2.75) is 37.8 Å². The first-order valence-corrected chi connectivity index (χ1v) is 8.75. The van der Waals surface area contributed by atoms with Gasteiger partial charge in [-0.15, -0.1) is 0 Å². The van der Waals surface area contributed by atoms with Gasteiger partial charge >= 0.3 is 6.03 Å². The fraction of sp³-hybridized carbons (Fsp3) is 0.556. The van der Waals surface area contributed by atoms with Gasteiger partial charge in [0.05, 0.1) is 23.9 Å². The van der Waals surface area contributed by atoms with Gasteiger partial charge < -0.3 is 20.2 Å². The Balaban J connectivity index is 1.63. The van der Waals surface area contributed by atoms with E-state index < -0.39 is 5.82 Å². The molecule has 2 aliphatic rings. The number of halogens is 1. The predicted octanol–water partition coefficient (Wildman–Crippen LogP) is 1.83. The molecule has 1 aromatic rings. The first-order chi connectivity index (χ1) is 12.1. The van der Waals surface area contributed by atoms with Crippen LogP contribution in [0.4, 0.5) is 14.9 Å². The summed E-state index contributed by atoms with van der Waals surface area (Å²) in [7, 11) is 0. The molecule has 1 saturated carbocycles. The Hall–Kier alpha value is -2.33. The highest BCUT2D eigenvalue weighted by Crippen LogP contribution is 2.27. The Morgan fingerprint density at radius 2 is 2.24 bits per heavy atom. The van der Waals surface area contributed by atoms with E-state index >= 15 is 0 Å². The van der Waals surface area contributed by atoms with Gasteiger partial charge in [-0.2, -0.15) is 5.26 Å². The Morgan fingerprint density at radius 1 is 1.44 bits per heavy atom. The number of aliphatic hydroxyl groups is 1. The van der Waals surface area contributed by atoms with Crippen LogP contribution in [-0.2, 0) is 0 Å². The lowest BCUT2D eigenvalue weighted by atomic mass is 10.0. The summed E-state index contributed by atoms with van der Waals surface area (Å²) in [6.07, 6.45) is 3.67. The molecule has 1 aliphatic heterocycles. The molecule has 3 rings (SSSR count). The van der Waals surface area contributed by atoms with Crippen molar-refractivity contribution in [3.05, 3.63) is 29.6 Å². The standard InChI is InChI=1S/C18H23FN4O2/c19-16-10-13(11-20)3-6-17(16)22-7-1-2-14(12-22)21-18(25)23(8-9-24)15-4-5-15/h3,6,10,14-15,24H,1-2,4-5,7-9,12H2,(H,21,25). The third-order valence-electron chi connectivity index (χ3n) is 4.76. The molecular formula is C18H23FN4O2. The molecule has 6 nitrogen and oxygen atoms in total. The summed E-state index contributed by atoms with van der Waals surface area (Å²) in [5, 5.41) is 21.0. The van der Waals surface area contributed by atoms with Gasteiger partial charge in [0.1, 0.15) is 5.82 Å². The monoisotopic (exact) mass is 346 g/mol. The fourth-order valence-electron chi connectivity index (χ4n) is 3.35. The van der Waals surface area contributed by atoms with Crippen LogP contribution in [0, 0.1) is 17.1 Å². The van der Waals surface area contributed by atoms with Crippen molar-refractivity contribution in [3.8, 4) is 6.07 Å². The van der Waals surface area contributed by atoms with Gasteiger partial charge in [-0.05, 0) is 43.9 Å². The number of nitrogens with zero attached hydrogens (tertiary/aromatic N) is 3. The Kier molecular flexibility index (Phi) is 5.39. The average molecular weight is 346 g/mol. The van der Waals surface area contributed by atoms with Gasteiger partial charge in [0, 0.05) is 31.7 Å². The smallest absolute Gasteiger partial charge is 0.318 e. The molecule has 1 heterocycles. The highest BCUT2D eigenvalue weighted by molar-refractivity contribution is 5.75. The normalized spacial score (nSPS) is 20.0. The van der Waals surface area contributed by atoms with E-state index in [1.54, 1.807) is 17.0 Å². The molecule has 1 saturated heterocycles. The minimum Gasteiger partial charge on any atom is -0.395 e. The van der Waals surface area contributed by atoms with Crippen LogP contribution in [0.25, 0.3) is 0 Å². The number of nitrogens with one attached hydrogen (secondary N) is 1. The molecule has 1 atom stereocenters. The first kappa shape index (κ1) is 17.5. The van der Waals surface area contributed by atoms with E-state index in [0.717, 1.165) is 32.2 Å². The van der Waals surface area contributed by atoms with E-state index in [2.05, 4.69) is 5.32 Å². The maximum atomic E-state index is 14.2. The van der Waals surface area contributed by atoms with Gasteiger partial charge in [-0.25, -0.2) is 9.18 Å². The van der Waals surface area contributed by atoms with E-state index in [1.807, 2.05) is 11.0 Å². The van der Waals surface area contributed by atoms with Crippen LogP contribution in [0.1, 0.15) is 31.2 Å². The zero-order chi connectivity index (χ0) is 17.8. The van der Waals surface area contributed by atoms with Crippen LogP contribution in [0.2, 0.25) is 0 Å². The predicted molar refractivity (Wildman–Crippen MR) is 91.7 cm³/mol. The van der Waals surface area contributed by atoms with E-state index in [4.69, 9.17) is 10.4 Å². The van der Waals surface area contributed by atoms with Crippen molar-refractivity contribution in [1.82, 2.24) is 10.2 Å². The number of hydrogen-bond donors (Lipinski definition) is 2. The minimum absolute atomic E-state index is 0.0445. The Bertz CT molecular complexity index is 672. The summed E-state index contributed by atoms with van der Waals surface area (Å²) < 4.78 is 14.2. The van der Waals surface area contributed by atoms with Crippen LogP contribution in [0.5, 0.6) is 0 Å². The van der Waals surface area contributed by atoms with E-state index in [1.165, 1.54) is 6.07 Å². The molecule has 0 spiro atoms. The molecule has 0 radical (unpaired) electrons. The molecule has 7 heteroatoms. The molecule has 2 fully saturated rings. The third kappa shape index (κ3) is 4.20. The third-order valence-corrected chi connectivity index (χ3v) is 4.76. The molecule has 2 N–H and O–H groups in total. The zero-order valence-corrected chi connectivity index (χ0v) is 14.1. The lowest BCUT2D eigenvalue weighted by Crippen LogP contribution is -2.52. The average Bonchev–Trinajstić information content (AvgIpc) is 3.44. The molecule has 1 aliphatic carbocycles. The maximum absolute atomic E-state index is 14.2. The summed E-state index contributed by atoms with van der Waals surface area (Å²) in [4.78, 5) is 16.1. The number of urea groups is 1. The largest absolute Gasteiger partial charge is 0.395 e. The number of benzene rings is 1. The van der Waals surface area contributed by atoms with Gasteiger partial charge in [-0.1, -0.05) is 0 Å². The van der Waals surface area contributed by atoms with Gasteiger partial charge in [-0.3, -0.25) is 0 Å². The fourth-order valence-corrected chi connectivity index (χ4v) is 3.35. The second-order valence-electron chi connectivity index (χ2n) is 6.66. The van der Waals surface area contributed by atoms with Crippen LogP contribution < -0.4 is 10.2 Å². The SMILES string of the molecule is N#Cc1ccc(N2CCCC(NC(=O)N(CCO)C3CC3)C2)c(F)c1. The van der Waals surface area contributed by atoms with Crippen molar-refractivity contribution in [2.24, 2.45) is 0 Å². The molecule has 25 heavy (non-hydrogen) atoms. The molecular weight excluding hydrogens is 323 g/mol. The van der Waals surface area contributed by atoms with Crippen molar-refractivity contribution in [3.63, 3.8) is 0 Å². The number of aliphatic hydroxyl groups excluding tert-OH is 1. The summed E-state index contributed by atoms with van der Waals surface area (Å²) in [5.74, 6) is -0.411. The molecule has 0 aromatic heterocycles. The van der Waals surface area contributed by atoms with Gasteiger partial charge in [0.15, 0.2) is 0 Å². The number of carbonyl (C=O) groups is 1. The lowest BCUT2D eigenvalue weighted by Gasteiger charge is -2.36. The van der Waals surface area contributed by atoms with Crippen molar-refractivity contribution < 1.29 is 14.3 Å².